The van der Waals surface area contributed by atoms with Gasteiger partial charge in [-0.1, -0.05) is 37.6 Å². The van der Waals surface area contributed by atoms with Crippen LogP contribution in [-0.4, -0.2) is 25.8 Å². The molecule has 1 atom stereocenters. The summed E-state index contributed by atoms with van der Waals surface area (Å²) in [5.74, 6) is -0.370. The summed E-state index contributed by atoms with van der Waals surface area (Å²) < 4.78 is 19.2. The molecule has 0 radical (unpaired) electrons. The Morgan fingerprint density at radius 2 is 2.00 bits per heavy atom. The molecular formula is C15H23ClFNO. The first-order valence-corrected chi connectivity index (χ1v) is 7.07. The number of nitrogens with one attached hydrogen (secondary N) is 1. The zero-order valence-corrected chi connectivity index (χ0v) is 12.9. The predicted octanol–water partition coefficient (Wildman–Crippen LogP) is 3.81. The van der Waals surface area contributed by atoms with Gasteiger partial charge in [0.25, 0.3) is 0 Å². The quantitative estimate of drug-likeness (QED) is 0.823. The fourth-order valence-electron chi connectivity index (χ4n) is 2.65. The fraction of sp³-hybridized carbons (Fsp3) is 0.600. The first-order valence-electron chi connectivity index (χ1n) is 6.69. The molecule has 1 aromatic rings. The van der Waals surface area contributed by atoms with Crippen LogP contribution in [0.3, 0.4) is 0 Å². The van der Waals surface area contributed by atoms with Crippen molar-refractivity contribution >= 4 is 11.6 Å². The first kappa shape index (κ1) is 16.4. The Bertz CT molecular complexity index is 399. The monoisotopic (exact) mass is 287 g/mol. The number of halogens is 2. The van der Waals surface area contributed by atoms with Gasteiger partial charge >= 0.3 is 0 Å². The van der Waals surface area contributed by atoms with E-state index in [4.69, 9.17) is 16.3 Å². The maximum absolute atomic E-state index is 13.5. The van der Waals surface area contributed by atoms with Crippen molar-refractivity contribution in [2.75, 3.05) is 14.2 Å². The van der Waals surface area contributed by atoms with Crippen molar-refractivity contribution in [3.8, 4) is 0 Å². The minimum Gasteiger partial charge on any atom is -0.377 e. The van der Waals surface area contributed by atoms with Crippen molar-refractivity contribution in [1.82, 2.24) is 5.32 Å². The first-order chi connectivity index (χ1) is 9.04. The van der Waals surface area contributed by atoms with Gasteiger partial charge in [-0.25, -0.2) is 4.39 Å². The van der Waals surface area contributed by atoms with Gasteiger partial charge in [-0.15, -0.1) is 0 Å². The van der Waals surface area contributed by atoms with Crippen LogP contribution in [0.25, 0.3) is 0 Å². The highest BCUT2D eigenvalue weighted by molar-refractivity contribution is 6.31. The second kappa shape index (κ2) is 7.22. The highest BCUT2D eigenvalue weighted by Crippen LogP contribution is 2.29. The number of rotatable bonds is 7. The Hall–Kier alpha value is -0.640. The average molecular weight is 288 g/mol. The van der Waals surface area contributed by atoms with E-state index in [0.717, 1.165) is 18.4 Å². The smallest absolute Gasteiger partial charge is 0.142 e. The molecule has 1 unspecified atom stereocenters. The maximum Gasteiger partial charge on any atom is 0.142 e. The van der Waals surface area contributed by atoms with Gasteiger partial charge in [-0.05, 0) is 37.9 Å². The zero-order chi connectivity index (χ0) is 14.5. The molecule has 0 aliphatic heterocycles. The van der Waals surface area contributed by atoms with Crippen LogP contribution >= 0.6 is 11.6 Å². The summed E-state index contributed by atoms with van der Waals surface area (Å²) in [7, 11) is 3.63. The van der Waals surface area contributed by atoms with Gasteiger partial charge in [0.1, 0.15) is 5.82 Å². The number of hydrogen-bond acceptors (Lipinski definition) is 2. The Labute approximate surface area is 120 Å². The van der Waals surface area contributed by atoms with Gasteiger partial charge in [0.2, 0.25) is 0 Å². The third-order valence-electron chi connectivity index (χ3n) is 4.04. The van der Waals surface area contributed by atoms with E-state index < -0.39 is 0 Å². The summed E-state index contributed by atoms with van der Waals surface area (Å²) in [6, 6.07) is 5.02. The number of ether oxygens (including phenoxy) is 1. The van der Waals surface area contributed by atoms with Crippen molar-refractivity contribution in [3.63, 3.8) is 0 Å². The van der Waals surface area contributed by atoms with Crippen molar-refractivity contribution < 1.29 is 9.13 Å². The average Bonchev–Trinajstić information content (AvgIpc) is 2.44. The van der Waals surface area contributed by atoms with Gasteiger partial charge in [0.15, 0.2) is 0 Å². The van der Waals surface area contributed by atoms with Crippen molar-refractivity contribution in [3.05, 3.63) is 34.6 Å². The Morgan fingerprint density at radius 3 is 2.47 bits per heavy atom. The summed E-state index contributed by atoms with van der Waals surface area (Å²) in [5, 5.41) is 3.49. The Kier molecular flexibility index (Phi) is 6.24. The van der Waals surface area contributed by atoms with Crippen molar-refractivity contribution in [2.45, 2.75) is 44.8 Å². The molecule has 0 aromatic heterocycles. The number of likely N-dealkylation sites (N-methyl/N-ethyl adjacent to an activating group) is 1. The van der Waals surface area contributed by atoms with Gasteiger partial charge in [0.05, 0.1) is 10.6 Å². The maximum atomic E-state index is 13.5. The highest BCUT2D eigenvalue weighted by Gasteiger charge is 2.35. The molecule has 1 aromatic carbocycles. The van der Waals surface area contributed by atoms with Crippen LogP contribution in [0.15, 0.2) is 18.2 Å². The predicted molar refractivity (Wildman–Crippen MR) is 78.3 cm³/mol. The molecular weight excluding hydrogens is 265 g/mol. The van der Waals surface area contributed by atoms with Crippen LogP contribution in [-0.2, 0) is 11.2 Å². The summed E-state index contributed by atoms with van der Waals surface area (Å²) in [6.07, 6.45) is 2.42. The van der Waals surface area contributed by atoms with E-state index in [1.165, 1.54) is 6.07 Å². The lowest BCUT2D eigenvalue weighted by molar-refractivity contribution is -0.0454. The number of hydrogen-bond donors (Lipinski definition) is 1. The molecule has 0 saturated heterocycles. The Balaban J connectivity index is 3.02. The molecule has 4 heteroatoms. The van der Waals surface area contributed by atoms with E-state index in [1.807, 2.05) is 13.1 Å². The zero-order valence-electron chi connectivity index (χ0n) is 12.1. The molecule has 0 heterocycles. The van der Waals surface area contributed by atoms with Gasteiger partial charge in [0, 0.05) is 13.2 Å². The molecule has 0 amide bonds. The second-order valence-electron chi connectivity index (χ2n) is 4.73. The molecule has 0 bridgehead atoms. The molecule has 0 aliphatic carbocycles. The van der Waals surface area contributed by atoms with Crippen molar-refractivity contribution in [2.24, 2.45) is 0 Å². The van der Waals surface area contributed by atoms with Crippen LogP contribution in [0.5, 0.6) is 0 Å². The van der Waals surface area contributed by atoms with E-state index >= 15 is 0 Å². The van der Waals surface area contributed by atoms with E-state index in [2.05, 4.69) is 19.2 Å². The number of benzene rings is 1. The molecule has 0 aliphatic rings. The third-order valence-corrected chi connectivity index (χ3v) is 4.47. The fourth-order valence-corrected chi connectivity index (χ4v) is 2.85. The SMILES string of the molecule is CCC(CC)(OC)C(Cc1cccc(F)c1Cl)NC. The molecule has 0 spiro atoms. The molecule has 19 heavy (non-hydrogen) atoms. The topological polar surface area (TPSA) is 21.3 Å². The standard InChI is InChI=1S/C15H23ClFNO/c1-5-15(6-2,19-4)13(18-3)10-11-8-7-9-12(17)14(11)16/h7-9,13,18H,5-6,10H2,1-4H3. The minimum atomic E-state index is -0.370. The third kappa shape index (κ3) is 3.47. The lowest BCUT2D eigenvalue weighted by Gasteiger charge is -2.38. The van der Waals surface area contributed by atoms with E-state index in [0.29, 0.717) is 6.42 Å². The van der Waals surface area contributed by atoms with Gasteiger partial charge < -0.3 is 10.1 Å². The largest absolute Gasteiger partial charge is 0.377 e. The summed E-state index contributed by atoms with van der Waals surface area (Å²) in [6.45, 7) is 4.20. The summed E-state index contributed by atoms with van der Waals surface area (Å²) in [4.78, 5) is 0. The lowest BCUT2D eigenvalue weighted by atomic mass is 9.84. The molecule has 2 nitrogen and oxygen atoms in total. The van der Waals surface area contributed by atoms with Gasteiger partial charge in [-0.2, -0.15) is 0 Å². The summed E-state index contributed by atoms with van der Waals surface area (Å²) in [5.41, 5.74) is 0.550. The number of methoxy groups -OCH3 is 1. The van der Waals surface area contributed by atoms with Crippen molar-refractivity contribution in [1.29, 1.82) is 0 Å². The Morgan fingerprint density at radius 1 is 1.37 bits per heavy atom. The molecule has 0 fully saturated rings. The molecule has 1 N–H and O–H groups in total. The van der Waals surface area contributed by atoms with E-state index in [9.17, 15) is 4.39 Å². The van der Waals surface area contributed by atoms with Crippen LogP contribution in [0, 0.1) is 5.82 Å². The minimum absolute atomic E-state index is 0.0896. The normalized spacial score (nSPS) is 13.6. The van der Waals surface area contributed by atoms with Crippen LogP contribution < -0.4 is 5.32 Å². The molecule has 108 valence electrons. The summed E-state index contributed by atoms with van der Waals surface area (Å²) >= 11 is 6.03. The van der Waals surface area contributed by atoms with E-state index in [1.54, 1.807) is 13.2 Å². The van der Waals surface area contributed by atoms with Crippen LogP contribution in [0.1, 0.15) is 32.3 Å². The highest BCUT2D eigenvalue weighted by atomic mass is 35.5. The van der Waals surface area contributed by atoms with E-state index in [-0.39, 0.29) is 22.5 Å². The lowest BCUT2D eigenvalue weighted by Crippen LogP contribution is -2.51. The van der Waals surface area contributed by atoms with Gasteiger partial charge in [-0.3, -0.25) is 0 Å². The van der Waals surface area contributed by atoms with Crippen LogP contribution in [0.4, 0.5) is 4.39 Å². The molecule has 1 rings (SSSR count). The second-order valence-corrected chi connectivity index (χ2v) is 5.11. The molecule has 0 saturated carbocycles. The van der Waals surface area contributed by atoms with Crippen LogP contribution in [0.2, 0.25) is 5.02 Å².